The van der Waals surface area contributed by atoms with E-state index in [2.05, 4.69) is 15.4 Å². The van der Waals surface area contributed by atoms with Gasteiger partial charge in [-0.2, -0.15) is 0 Å². The van der Waals surface area contributed by atoms with Crippen LogP contribution in [0.5, 0.6) is 0 Å². The highest BCUT2D eigenvalue weighted by atomic mass is 19.1. The van der Waals surface area contributed by atoms with Crippen molar-refractivity contribution >= 4 is 5.91 Å². The van der Waals surface area contributed by atoms with Gasteiger partial charge in [-0.15, -0.1) is 5.10 Å². The summed E-state index contributed by atoms with van der Waals surface area (Å²) >= 11 is 0. The number of para-hydroxylation sites is 1. The number of hydrogen-bond acceptors (Lipinski definition) is 3. The molecule has 0 bridgehead atoms. The van der Waals surface area contributed by atoms with Gasteiger partial charge in [0.2, 0.25) is 5.91 Å². The molecule has 6 heteroatoms. The molecule has 128 valence electrons. The summed E-state index contributed by atoms with van der Waals surface area (Å²) in [6.07, 6.45) is 1.82. The van der Waals surface area contributed by atoms with Crippen molar-refractivity contribution in [3.63, 3.8) is 0 Å². The summed E-state index contributed by atoms with van der Waals surface area (Å²) in [4.78, 5) is 16.3. The third-order valence-corrected chi connectivity index (χ3v) is 3.93. The fraction of sp³-hybridized carbons (Fsp3) is 0.211. The zero-order valence-electron chi connectivity index (χ0n) is 13.9. The highest BCUT2D eigenvalue weighted by molar-refractivity contribution is 5.76. The second-order valence-electron chi connectivity index (χ2n) is 5.84. The minimum absolute atomic E-state index is 0.160. The lowest BCUT2D eigenvalue weighted by Gasteiger charge is -2.12. The SMILES string of the molecule is CC(CC(=O)NCc1ncn(-c2ccccc2)n1)c1ccccc1F. The number of benzene rings is 2. The first-order valence-electron chi connectivity index (χ1n) is 8.10. The average molecular weight is 338 g/mol. The number of amides is 1. The molecule has 0 aliphatic rings. The lowest BCUT2D eigenvalue weighted by Crippen LogP contribution is -2.25. The normalized spacial score (nSPS) is 11.9. The lowest BCUT2D eigenvalue weighted by atomic mass is 9.97. The van der Waals surface area contributed by atoms with Crippen LogP contribution in [-0.4, -0.2) is 20.7 Å². The predicted molar refractivity (Wildman–Crippen MR) is 92.6 cm³/mol. The standard InChI is InChI=1S/C19H19FN4O/c1-14(16-9-5-6-10-17(16)20)11-19(25)21-12-18-22-13-24(23-18)15-7-3-2-4-8-15/h2-10,13-14H,11-12H2,1H3,(H,21,25). The van der Waals surface area contributed by atoms with Gasteiger partial charge in [-0.05, 0) is 29.7 Å². The van der Waals surface area contributed by atoms with Crippen molar-refractivity contribution < 1.29 is 9.18 Å². The van der Waals surface area contributed by atoms with E-state index < -0.39 is 0 Å². The molecule has 2 aromatic carbocycles. The molecular weight excluding hydrogens is 319 g/mol. The zero-order chi connectivity index (χ0) is 17.6. The van der Waals surface area contributed by atoms with Crippen LogP contribution in [0.1, 0.15) is 30.7 Å². The third-order valence-electron chi connectivity index (χ3n) is 3.93. The first-order valence-corrected chi connectivity index (χ1v) is 8.10. The highest BCUT2D eigenvalue weighted by Gasteiger charge is 2.15. The molecule has 0 spiro atoms. The minimum Gasteiger partial charge on any atom is -0.349 e. The van der Waals surface area contributed by atoms with Gasteiger partial charge in [-0.1, -0.05) is 43.3 Å². The van der Waals surface area contributed by atoms with Crippen LogP contribution in [0.4, 0.5) is 4.39 Å². The molecule has 0 saturated carbocycles. The Morgan fingerprint density at radius 3 is 2.64 bits per heavy atom. The van der Waals surface area contributed by atoms with Crippen molar-refractivity contribution in [3.05, 3.63) is 78.1 Å². The Labute approximate surface area is 145 Å². The summed E-state index contributed by atoms with van der Waals surface area (Å²) in [6, 6.07) is 16.1. The van der Waals surface area contributed by atoms with Crippen molar-refractivity contribution in [2.45, 2.75) is 25.8 Å². The summed E-state index contributed by atoms with van der Waals surface area (Å²) < 4.78 is 15.4. The van der Waals surface area contributed by atoms with Gasteiger partial charge in [-0.3, -0.25) is 4.79 Å². The molecule has 3 rings (SSSR count). The number of nitrogens with zero attached hydrogens (tertiary/aromatic N) is 3. The van der Waals surface area contributed by atoms with Crippen LogP contribution < -0.4 is 5.32 Å². The summed E-state index contributed by atoms with van der Waals surface area (Å²) in [5.74, 6) is -0.121. The molecule has 3 aromatic rings. The zero-order valence-corrected chi connectivity index (χ0v) is 13.9. The van der Waals surface area contributed by atoms with E-state index in [-0.39, 0.29) is 30.6 Å². The van der Waals surface area contributed by atoms with Gasteiger partial charge in [0.1, 0.15) is 12.1 Å². The van der Waals surface area contributed by atoms with E-state index in [1.165, 1.54) is 6.07 Å². The lowest BCUT2D eigenvalue weighted by molar-refractivity contribution is -0.121. The molecule has 0 fully saturated rings. The molecule has 5 nitrogen and oxygen atoms in total. The van der Waals surface area contributed by atoms with Gasteiger partial charge in [0, 0.05) is 6.42 Å². The Morgan fingerprint density at radius 2 is 1.88 bits per heavy atom. The van der Waals surface area contributed by atoms with Crippen molar-refractivity contribution in [1.82, 2.24) is 20.1 Å². The van der Waals surface area contributed by atoms with Crippen molar-refractivity contribution in [2.75, 3.05) is 0 Å². The van der Waals surface area contributed by atoms with Crippen molar-refractivity contribution in [1.29, 1.82) is 0 Å². The van der Waals surface area contributed by atoms with E-state index in [9.17, 15) is 9.18 Å². The maximum atomic E-state index is 13.8. The Hall–Kier alpha value is -3.02. The van der Waals surface area contributed by atoms with E-state index >= 15 is 0 Å². The van der Waals surface area contributed by atoms with Crippen LogP contribution in [0.25, 0.3) is 5.69 Å². The highest BCUT2D eigenvalue weighted by Crippen LogP contribution is 2.21. The number of hydrogen-bond donors (Lipinski definition) is 1. The Kier molecular flexibility index (Phi) is 5.18. The topological polar surface area (TPSA) is 59.8 Å². The van der Waals surface area contributed by atoms with Crippen molar-refractivity contribution in [2.24, 2.45) is 0 Å². The maximum absolute atomic E-state index is 13.8. The first kappa shape index (κ1) is 16.8. The summed E-state index contributed by atoms with van der Waals surface area (Å²) in [7, 11) is 0. The molecule has 0 aliphatic carbocycles. The van der Waals surface area contributed by atoms with Gasteiger partial charge in [-0.25, -0.2) is 14.1 Å². The molecule has 1 unspecified atom stereocenters. The maximum Gasteiger partial charge on any atom is 0.220 e. The Morgan fingerprint density at radius 1 is 1.16 bits per heavy atom. The molecule has 25 heavy (non-hydrogen) atoms. The molecule has 0 aliphatic heterocycles. The molecule has 1 N–H and O–H groups in total. The van der Waals surface area contributed by atoms with Gasteiger partial charge in [0.15, 0.2) is 5.82 Å². The van der Waals surface area contributed by atoms with Gasteiger partial charge in [0.25, 0.3) is 0 Å². The van der Waals surface area contributed by atoms with E-state index in [0.29, 0.717) is 11.4 Å². The predicted octanol–water partition coefficient (Wildman–Crippen LogP) is 3.22. The molecular formula is C19H19FN4O. The minimum atomic E-state index is -0.286. The number of halogens is 1. The Balaban J connectivity index is 1.54. The monoisotopic (exact) mass is 338 g/mol. The first-order chi connectivity index (χ1) is 12.1. The number of carbonyl (C=O) groups is 1. The van der Waals surface area contributed by atoms with Crippen LogP contribution in [0, 0.1) is 5.82 Å². The molecule has 1 atom stereocenters. The fourth-order valence-corrected chi connectivity index (χ4v) is 2.60. The molecule has 1 aromatic heterocycles. The number of nitrogens with one attached hydrogen (secondary N) is 1. The third kappa shape index (κ3) is 4.29. The van der Waals surface area contributed by atoms with E-state index in [0.717, 1.165) is 5.69 Å². The van der Waals surface area contributed by atoms with Crippen LogP contribution in [0.15, 0.2) is 60.9 Å². The van der Waals surface area contributed by atoms with Gasteiger partial charge >= 0.3 is 0 Å². The number of rotatable bonds is 6. The summed E-state index contributed by atoms with van der Waals surface area (Å²) in [6.45, 7) is 2.07. The molecule has 1 heterocycles. The van der Waals surface area contributed by atoms with Crippen molar-refractivity contribution in [3.8, 4) is 5.69 Å². The molecule has 0 saturated heterocycles. The van der Waals surface area contributed by atoms with Crippen LogP contribution in [0.3, 0.4) is 0 Å². The van der Waals surface area contributed by atoms with E-state index in [1.807, 2.05) is 37.3 Å². The smallest absolute Gasteiger partial charge is 0.220 e. The van der Waals surface area contributed by atoms with Crippen LogP contribution in [0.2, 0.25) is 0 Å². The largest absolute Gasteiger partial charge is 0.349 e. The molecule has 1 amide bonds. The fourth-order valence-electron chi connectivity index (χ4n) is 2.60. The average Bonchev–Trinajstić information content (AvgIpc) is 3.10. The summed E-state index contributed by atoms with van der Waals surface area (Å²) in [5.41, 5.74) is 1.45. The second-order valence-corrected chi connectivity index (χ2v) is 5.84. The second kappa shape index (κ2) is 7.70. The Bertz CT molecular complexity index is 847. The van der Waals surface area contributed by atoms with Gasteiger partial charge in [0.05, 0.1) is 12.2 Å². The quantitative estimate of drug-likeness (QED) is 0.751. The number of aromatic nitrogens is 3. The summed E-state index contributed by atoms with van der Waals surface area (Å²) in [5, 5.41) is 7.12. The van der Waals surface area contributed by atoms with Crippen LogP contribution in [-0.2, 0) is 11.3 Å². The number of carbonyl (C=O) groups excluding carboxylic acids is 1. The van der Waals surface area contributed by atoms with Crippen LogP contribution >= 0.6 is 0 Å². The molecule has 0 radical (unpaired) electrons. The van der Waals surface area contributed by atoms with Gasteiger partial charge < -0.3 is 5.32 Å². The van der Waals surface area contributed by atoms with E-state index in [1.54, 1.807) is 29.2 Å². The van der Waals surface area contributed by atoms with E-state index in [4.69, 9.17) is 0 Å².